The number of hydrogen-bond donors (Lipinski definition) is 2. The number of amides is 3. The Labute approximate surface area is 211 Å². The average molecular weight is 508 g/mol. The lowest BCUT2D eigenvalue weighted by atomic mass is 10.1. The van der Waals surface area contributed by atoms with Gasteiger partial charge in [0.2, 0.25) is 0 Å². The van der Waals surface area contributed by atoms with Crippen LogP contribution in [0.4, 0.5) is 11.4 Å². The normalized spacial score (nSPS) is 13.4. The van der Waals surface area contributed by atoms with Crippen molar-refractivity contribution in [3.63, 3.8) is 0 Å². The topological polar surface area (TPSA) is 118 Å². The number of nitrogens with one attached hydrogen (secondary N) is 2. The smallest absolute Gasteiger partial charge is 0.338 e. The zero-order valence-electron chi connectivity index (χ0n) is 19.4. The molecule has 2 heterocycles. The van der Waals surface area contributed by atoms with Gasteiger partial charge in [-0.25, -0.2) is 9.69 Å². The average Bonchev–Trinajstić information content (AvgIpc) is 3.45. The van der Waals surface area contributed by atoms with Gasteiger partial charge in [-0.2, -0.15) is 0 Å². The van der Waals surface area contributed by atoms with Gasteiger partial charge in [-0.05, 0) is 68.4 Å². The Balaban J connectivity index is 1.47. The SMILES string of the molecule is CC(C)OC(=O)c1ccc(N2C(=O)C(Cl)=C(Nc3cccc(C(=O)NCc4ccco4)c3)C2=O)cc1. The molecule has 0 atom stereocenters. The molecule has 0 radical (unpaired) electrons. The molecule has 10 heteroatoms. The molecule has 0 saturated carbocycles. The maximum Gasteiger partial charge on any atom is 0.338 e. The van der Waals surface area contributed by atoms with Crippen LogP contribution in [0.1, 0.15) is 40.3 Å². The minimum atomic E-state index is -0.714. The van der Waals surface area contributed by atoms with E-state index in [0.29, 0.717) is 17.0 Å². The summed E-state index contributed by atoms with van der Waals surface area (Å²) in [5.74, 6) is -1.64. The van der Waals surface area contributed by atoms with Gasteiger partial charge in [0.15, 0.2) is 0 Å². The number of carbonyl (C=O) groups excluding carboxylic acids is 4. The summed E-state index contributed by atoms with van der Waals surface area (Å²) >= 11 is 6.21. The first-order chi connectivity index (χ1) is 17.2. The highest BCUT2D eigenvalue weighted by molar-refractivity contribution is 6.53. The lowest BCUT2D eigenvalue weighted by Gasteiger charge is -2.16. The van der Waals surface area contributed by atoms with Crippen LogP contribution in [-0.2, 0) is 20.9 Å². The van der Waals surface area contributed by atoms with Crippen LogP contribution < -0.4 is 15.5 Å². The zero-order chi connectivity index (χ0) is 25.8. The van der Waals surface area contributed by atoms with E-state index in [-0.39, 0.29) is 40.5 Å². The Morgan fingerprint density at radius 2 is 1.75 bits per heavy atom. The first-order valence-electron chi connectivity index (χ1n) is 11.0. The molecular formula is C26H22ClN3O6. The zero-order valence-corrected chi connectivity index (χ0v) is 20.2. The molecule has 1 aromatic heterocycles. The van der Waals surface area contributed by atoms with E-state index in [1.54, 1.807) is 44.2 Å². The third-order valence-corrected chi connectivity index (χ3v) is 5.48. The highest BCUT2D eigenvalue weighted by Gasteiger charge is 2.39. The van der Waals surface area contributed by atoms with E-state index in [9.17, 15) is 19.2 Å². The van der Waals surface area contributed by atoms with E-state index in [0.717, 1.165) is 4.90 Å². The summed E-state index contributed by atoms with van der Waals surface area (Å²) in [5, 5.41) is 5.29. The Kier molecular flexibility index (Phi) is 7.21. The number of rotatable bonds is 8. The molecule has 0 fully saturated rings. The lowest BCUT2D eigenvalue weighted by Crippen LogP contribution is -2.32. The molecule has 9 nitrogen and oxygen atoms in total. The summed E-state index contributed by atoms with van der Waals surface area (Å²) in [6, 6.07) is 15.7. The van der Waals surface area contributed by atoms with Crippen molar-refractivity contribution in [2.24, 2.45) is 0 Å². The second kappa shape index (κ2) is 10.5. The van der Waals surface area contributed by atoms with Crippen molar-refractivity contribution >= 4 is 46.7 Å². The molecule has 3 aromatic rings. The standard InChI is InChI=1S/C26H22ClN3O6/c1-15(2)36-26(34)16-8-10-19(11-9-16)30-24(32)21(27)22(25(30)33)29-18-6-3-5-17(13-18)23(31)28-14-20-7-4-12-35-20/h3-13,15,29H,14H2,1-2H3,(H,28,31). The summed E-state index contributed by atoms with van der Waals surface area (Å²) in [6.45, 7) is 3.69. The molecule has 3 amide bonds. The Bertz CT molecular complexity index is 1350. The van der Waals surface area contributed by atoms with Gasteiger partial charge in [0.1, 0.15) is 16.5 Å². The molecule has 0 aliphatic carbocycles. The number of imide groups is 1. The van der Waals surface area contributed by atoms with Crippen molar-refractivity contribution in [3.05, 3.63) is 94.5 Å². The van der Waals surface area contributed by atoms with Gasteiger partial charge in [-0.1, -0.05) is 17.7 Å². The van der Waals surface area contributed by atoms with Gasteiger partial charge < -0.3 is 19.8 Å². The maximum atomic E-state index is 13.1. The van der Waals surface area contributed by atoms with Crippen LogP contribution in [0.5, 0.6) is 0 Å². The summed E-state index contributed by atoms with van der Waals surface area (Å²) < 4.78 is 10.3. The molecule has 2 N–H and O–H groups in total. The van der Waals surface area contributed by atoms with Crippen LogP contribution in [0, 0.1) is 0 Å². The number of furan rings is 1. The monoisotopic (exact) mass is 507 g/mol. The van der Waals surface area contributed by atoms with Crippen molar-refractivity contribution in [3.8, 4) is 0 Å². The minimum absolute atomic E-state index is 0.127. The van der Waals surface area contributed by atoms with E-state index >= 15 is 0 Å². The Morgan fingerprint density at radius 1 is 1.00 bits per heavy atom. The van der Waals surface area contributed by atoms with Crippen LogP contribution in [0.15, 0.2) is 82.1 Å². The van der Waals surface area contributed by atoms with Crippen molar-refractivity contribution in [1.82, 2.24) is 5.32 Å². The molecule has 0 unspecified atom stereocenters. The summed E-state index contributed by atoms with van der Waals surface area (Å²) in [6.07, 6.45) is 1.23. The molecule has 36 heavy (non-hydrogen) atoms. The number of halogens is 1. The molecule has 2 aromatic carbocycles. The van der Waals surface area contributed by atoms with Crippen LogP contribution in [0.25, 0.3) is 0 Å². The molecule has 0 spiro atoms. The van der Waals surface area contributed by atoms with Gasteiger partial charge in [0.05, 0.1) is 30.2 Å². The van der Waals surface area contributed by atoms with Gasteiger partial charge in [-0.3, -0.25) is 14.4 Å². The predicted octanol–water partition coefficient (Wildman–Crippen LogP) is 4.21. The third kappa shape index (κ3) is 5.31. The van der Waals surface area contributed by atoms with Gasteiger partial charge >= 0.3 is 5.97 Å². The largest absolute Gasteiger partial charge is 0.467 e. The number of nitrogens with zero attached hydrogens (tertiary/aromatic N) is 1. The van der Waals surface area contributed by atoms with E-state index < -0.39 is 17.8 Å². The third-order valence-electron chi connectivity index (χ3n) is 5.13. The van der Waals surface area contributed by atoms with Gasteiger partial charge in [0.25, 0.3) is 17.7 Å². The number of benzene rings is 2. The van der Waals surface area contributed by atoms with Crippen molar-refractivity contribution in [2.75, 3.05) is 10.2 Å². The number of hydrogen-bond acceptors (Lipinski definition) is 7. The fourth-order valence-corrected chi connectivity index (χ4v) is 3.65. The van der Waals surface area contributed by atoms with Crippen LogP contribution in [-0.4, -0.2) is 29.8 Å². The fourth-order valence-electron chi connectivity index (χ4n) is 3.44. The molecule has 184 valence electrons. The van der Waals surface area contributed by atoms with Crippen molar-refractivity contribution in [1.29, 1.82) is 0 Å². The quantitative estimate of drug-likeness (QED) is 0.346. The molecular weight excluding hydrogens is 486 g/mol. The summed E-state index contributed by atoms with van der Waals surface area (Å²) in [5.41, 5.74) is 1.13. The fraction of sp³-hybridized carbons (Fsp3) is 0.154. The first kappa shape index (κ1) is 24.7. The van der Waals surface area contributed by atoms with E-state index in [1.807, 2.05) is 0 Å². The van der Waals surface area contributed by atoms with Crippen LogP contribution >= 0.6 is 11.6 Å². The highest BCUT2D eigenvalue weighted by Crippen LogP contribution is 2.30. The van der Waals surface area contributed by atoms with Crippen LogP contribution in [0.2, 0.25) is 0 Å². The van der Waals surface area contributed by atoms with Gasteiger partial charge in [-0.15, -0.1) is 0 Å². The van der Waals surface area contributed by atoms with E-state index in [2.05, 4.69) is 10.6 Å². The Morgan fingerprint density at radius 3 is 2.42 bits per heavy atom. The maximum absolute atomic E-state index is 13.1. The lowest BCUT2D eigenvalue weighted by molar-refractivity contribution is -0.120. The molecule has 0 bridgehead atoms. The minimum Gasteiger partial charge on any atom is -0.467 e. The summed E-state index contributed by atoms with van der Waals surface area (Å²) in [7, 11) is 0. The number of esters is 1. The van der Waals surface area contributed by atoms with E-state index in [1.165, 1.54) is 36.6 Å². The Hall–Kier alpha value is -4.37. The first-order valence-corrected chi connectivity index (χ1v) is 11.4. The second-order valence-electron chi connectivity index (χ2n) is 8.10. The van der Waals surface area contributed by atoms with Crippen molar-refractivity contribution in [2.45, 2.75) is 26.5 Å². The molecule has 1 aliphatic rings. The molecule has 0 saturated heterocycles. The number of carbonyl (C=O) groups is 4. The molecule has 4 rings (SSSR count). The number of anilines is 2. The molecule has 1 aliphatic heterocycles. The number of ether oxygens (including phenoxy) is 1. The second-order valence-corrected chi connectivity index (χ2v) is 8.48. The highest BCUT2D eigenvalue weighted by atomic mass is 35.5. The predicted molar refractivity (Wildman–Crippen MR) is 132 cm³/mol. The van der Waals surface area contributed by atoms with E-state index in [4.69, 9.17) is 20.8 Å². The van der Waals surface area contributed by atoms with Crippen LogP contribution in [0.3, 0.4) is 0 Å². The van der Waals surface area contributed by atoms with Crippen molar-refractivity contribution < 1.29 is 28.3 Å². The summed E-state index contributed by atoms with van der Waals surface area (Å²) in [4.78, 5) is 51.3. The van der Waals surface area contributed by atoms with Gasteiger partial charge in [0, 0.05) is 11.3 Å².